The molecular formula is C16H19NO10. The highest BCUT2D eigenvalue weighted by molar-refractivity contribution is 5.95. The van der Waals surface area contributed by atoms with Gasteiger partial charge >= 0.3 is 23.9 Å². The predicted molar refractivity (Wildman–Crippen MR) is 92.4 cm³/mol. The Balaban J connectivity index is -0.000000366. The van der Waals surface area contributed by atoms with Crippen molar-refractivity contribution in [2.45, 2.75) is 0 Å². The summed E-state index contributed by atoms with van der Waals surface area (Å²) in [4.78, 5) is 48.8. The Hall–Kier alpha value is -4.02. The Bertz CT molecular complexity index is 605. The van der Waals surface area contributed by atoms with Gasteiger partial charge in [-0.25, -0.2) is 19.2 Å². The SMILES string of the molecule is C=CC(=O)O.C=CC(=O)O.COC(=O)c1cccc(C(=O)OC)c1.O=NO. The number of ether oxygens (including phenoxy) is 2. The average molecular weight is 385 g/mol. The molecule has 1 rings (SSSR count). The zero-order chi connectivity index (χ0) is 21.8. The summed E-state index contributed by atoms with van der Waals surface area (Å²) in [5.74, 6) is -2.92. The molecule has 0 aliphatic heterocycles. The lowest BCUT2D eigenvalue weighted by molar-refractivity contribution is -0.132. The summed E-state index contributed by atoms with van der Waals surface area (Å²) in [7, 11) is 2.57. The normalized spacial score (nSPS) is 7.63. The number of nitrogens with zero attached hydrogens (tertiary/aromatic N) is 1. The zero-order valence-electron chi connectivity index (χ0n) is 14.5. The Morgan fingerprint density at radius 2 is 1.19 bits per heavy atom. The van der Waals surface area contributed by atoms with Crippen molar-refractivity contribution in [1.29, 1.82) is 0 Å². The van der Waals surface area contributed by atoms with Gasteiger partial charge in [-0.05, 0) is 18.2 Å². The molecule has 0 aliphatic rings. The monoisotopic (exact) mass is 385 g/mol. The number of carboxylic acid groups (broad SMARTS) is 2. The van der Waals surface area contributed by atoms with Crippen LogP contribution in [0.5, 0.6) is 0 Å². The minimum absolute atomic E-state index is 0.329. The first-order valence-electron chi connectivity index (χ1n) is 6.59. The Labute approximate surface area is 154 Å². The number of rotatable bonds is 4. The molecule has 148 valence electrons. The van der Waals surface area contributed by atoms with Gasteiger partial charge in [0.05, 0.1) is 25.3 Å². The van der Waals surface area contributed by atoms with Crippen LogP contribution in [0.15, 0.2) is 54.9 Å². The molecule has 0 atom stereocenters. The van der Waals surface area contributed by atoms with Crippen LogP contribution < -0.4 is 0 Å². The van der Waals surface area contributed by atoms with Gasteiger partial charge in [0, 0.05) is 12.2 Å². The van der Waals surface area contributed by atoms with E-state index in [0.717, 1.165) is 12.2 Å². The van der Waals surface area contributed by atoms with E-state index >= 15 is 0 Å². The van der Waals surface area contributed by atoms with Crippen molar-refractivity contribution < 1.29 is 44.1 Å². The molecule has 27 heavy (non-hydrogen) atoms. The fourth-order valence-corrected chi connectivity index (χ4v) is 1.01. The van der Waals surface area contributed by atoms with Crippen LogP contribution in [0.4, 0.5) is 0 Å². The van der Waals surface area contributed by atoms with Gasteiger partial charge < -0.3 is 24.9 Å². The summed E-state index contributed by atoms with van der Waals surface area (Å²) in [5.41, 5.74) is 0.658. The van der Waals surface area contributed by atoms with Crippen molar-refractivity contribution in [3.63, 3.8) is 0 Å². The second-order valence-electron chi connectivity index (χ2n) is 3.73. The number of methoxy groups -OCH3 is 2. The van der Waals surface area contributed by atoms with E-state index in [9.17, 15) is 19.2 Å². The van der Waals surface area contributed by atoms with Crippen LogP contribution in [0, 0.1) is 4.91 Å². The van der Waals surface area contributed by atoms with Gasteiger partial charge in [0.2, 0.25) is 0 Å². The fraction of sp³-hybridized carbons (Fsp3) is 0.125. The molecule has 0 bridgehead atoms. The van der Waals surface area contributed by atoms with E-state index < -0.39 is 23.9 Å². The van der Waals surface area contributed by atoms with Crippen LogP contribution in [-0.2, 0) is 19.1 Å². The minimum Gasteiger partial charge on any atom is -0.478 e. The number of carboxylic acids is 2. The van der Waals surface area contributed by atoms with Crippen LogP contribution in [0.1, 0.15) is 20.7 Å². The number of carbonyl (C=O) groups is 4. The third-order valence-electron chi connectivity index (χ3n) is 2.05. The molecule has 3 N–H and O–H groups in total. The summed E-state index contributed by atoms with van der Waals surface area (Å²) in [6, 6.07) is 6.16. The van der Waals surface area contributed by atoms with E-state index in [4.69, 9.17) is 20.3 Å². The number of esters is 2. The van der Waals surface area contributed by atoms with Gasteiger partial charge in [0.15, 0.2) is 5.34 Å². The lowest BCUT2D eigenvalue weighted by atomic mass is 10.1. The van der Waals surface area contributed by atoms with Crippen molar-refractivity contribution in [3.8, 4) is 0 Å². The molecule has 1 aromatic rings. The molecule has 0 aromatic heterocycles. The van der Waals surface area contributed by atoms with Crippen LogP contribution in [0.3, 0.4) is 0 Å². The second-order valence-corrected chi connectivity index (χ2v) is 3.73. The molecule has 0 saturated carbocycles. The Kier molecular flexibility index (Phi) is 18.9. The highest BCUT2D eigenvalue weighted by Crippen LogP contribution is 2.07. The van der Waals surface area contributed by atoms with E-state index in [0.29, 0.717) is 11.1 Å². The molecule has 0 radical (unpaired) electrons. The highest BCUT2D eigenvalue weighted by atomic mass is 16.6. The molecule has 0 heterocycles. The van der Waals surface area contributed by atoms with E-state index in [1.54, 1.807) is 18.2 Å². The maximum Gasteiger partial charge on any atom is 0.337 e. The van der Waals surface area contributed by atoms with Crippen molar-refractivity contribution >= 4 is 23.9 Å². The fourth-order valence-electron chi connectivity index (χ4n) is 1.01. The first-order valence-corrected chi connectivity index (χ1v) is 6.59. The smallest absolute Gasteiger partial charge is 0.337 e. The lowest BCUT2D eigenvalue weighted by Crippen LogP contribution is -2.05. The van der Waals surface area contributed by atoms with Gasteiger partial charge in [0.25, 0.3) is 0 Å². The number of aliphatic carboxylic acids is 2. The third kappa shape index (κ3) is 18.2. The first kappa shape index (κ1) is 27.8. The highest BCUT2D eigenvalue weighted by Gasteiger charge is 2.09. The van der Waals surface area contributed by atoms with E-state index in [2.05, 4.69) is 22.6 Å². The average Bonchev–Trinajstić information content (AvgIpc) is 2.68. The predicted octanol–water partition coefficient (Wildman–Crippen LogP) is 1.92. The molecule has 0 spiro atoms. The Morgan fingerprint density at radius 3 is 1.37 bits per heavy atom. The first-order chi connectivity index (χ1) is 12.6. The zero-order valence-corrected chi connectivity index (χ0v) is 14.5. The van der Waals surface area contributed by atoms with E-state index in [1.807, 2.05) is 0 Å². The van der Waals surface area contributed by atoms with Crippen LogP contribution in [0.2, 0.25) is 0 Å². The molecule has 0 amide bonds. The molecule has 0 unspecified atom stereocenters. The summed E-state index contributed by atoms with van der Waals surface area (Å²) in [6.07, 6.45) is 1.67. The van der Waals surface area contributed by atoms with Gasteiger partial charge in [-0.3, -0.25) is 0 Å². The summed E-state index contributed by atoms with van der Waals surface area (Å²) in [6.45, 7) is 5.92. The minimum atomic E-state index is -0.981. The summed E-state index contributed by atoms with van der Waals surface area (Å²) in [5, 5.41) is 23.1. The standard InChI is InChI=1S/C10H10O4.2C3H4O2.HNO2/c1-13-9(11)7-4-3-5-8(6-7)10(12)14-2;2*1-2-3(4)5;2-1-3/h3-6H,1-2H3;2*2H,1H2,(H,4,5);(H,2,3). The molecule has 0 saturated heterocycles. The van der Waals surface area contributed by atoms with Gasteiger partial charge in [0.1, 0.15) is 0 Å². The van der Waals surface area contributed by atoms with Crippen molar-refractivity contribution in [2.75, 3.05) is 14.2 Å². The number of carbonyl (C=O) groups excluding carboxylic acids is 2. The van der Waals surface area contributed by atoms with E-state index in [-0.39, 0.29) is 0 Å². The molecule has 0 fully saturated rings. The quantitative estimate of drug-likeness (QED) is 0.300. The van der Waals surface area contributed by atoms with E-state index in [1.165, 1.54) is 25.6 Å². The van der Waals surface area contributed by atoms with Crippen molar-refractivity contribution in [2.24, 2.45) is 5.34 Å². The number of hydrogen-bond donors (Lipinski definition) is 3. The van der Waals surface area contributed by atoms with Crippen LogP contribution >= 0.6 is 0 Å². The maximum atomic E-state index is 11.1. The molecule has 1 aromatic carbocycles. The van der Waals surface area contributed by atoms with Crippen LogP contribution in [-0.4, -0.2) is 53.5 Å². The second kappa shape index (κ2) is 18.3. The summed E-state index contributed by atoms with van der Waals surface area (Å²) < 4.78 is 9.03. The topological polar surface area (TPSA) is 177 Å². The Morgan fingerprint density at radius 1 is 0.926 bits per heavy atom. The molecule has 0 aliphatic carbocycles. The summed E-state index contributed by atoms with van der Waals surface area (Å²) >= 11 is 0. The third-order valence-corrected chi connectivity index (χ3v) is 2.05. The van der Waals surface area contributed by atoms with Crippen LogP contribution in [0.25, 0.3) is 0 Å². The number of hydrogen-bond acceptors (Lipinski definition) is 8. The van der Waals surface area contributed by atoms with Gasteiger partial charge in [-0.1, -0.05) is 19.2 Å². The maximum absolute atomic E-state index is 11.1. The molecule has 11 heteroatoms. The largest absolute Gasteiger partial charge is 0.478 e. The van der Waals surface area contributed by atoms with Crippen molar-refractivity contribution in [1.82, 2.24) is 0 Å². The van der Waals surface area contributed by atoms with Gasteiger partial charge in [-0.15, -0.1) is 4.91 Å². The van der Waals surface area contributed by atoms with Gasteiger partial charge in [-0.2, -0.15) is 0 Å². The lowest BCUT2D eigenvalue weighted by Gasteiger charge is -2.01. The molecular weight excluding hydrogens is 366 g/mol. The number of benzene rings is 1. The molecule has 11 nitrogen and oxygen atoms in total. The van der Waals surface area contributed by atoms with Crippen molar-refractivity contribution in [3.05, 3.63) is 65.6 Å².